The van der Waals surface area contributed by atoms with Gasteiger partial charge in [0.2, 0.25) is 0 Å². The second kappa shape index (κ2) is 7.92. The van der Waals surface area contributed by atoms with Crippen LogP contribution >= 0.6 is 11.6 Å². The van der Waals surface area contributed by atoms with Crippen molar-refractivity contribution >= 4 is 47.9 Å². The molecule has 0 saturated carbocycles. The van der Waals surface area contributed by atoms with Gasteiger partial charge in [0.15, 0.2) is 0 Å². The third kappa shape index (κ3) is 5.89. The van der Waals surface area contributed by atoms with E-state index >= 15 is 0 Å². The first-order valence-electron chi connectivity index (χ1n) is 7.76. The van der Waals surface area contributed by atoms with Crippen LogP contribution in [-0.2, 0) is 23.6 Å². The standard InChI is InChI=1S/C15H19BClN3O6/c1-15(2,3)24-14(23)19-10-6-18-11(17)5-9(10)16-25-12(21)7-20(4)8-13(22)26-16/h5-6H,7-8H2,1-4H3,(H,19,23). The van der Waals surface area contributed by atoms with Crippen LogP contribution in [0, 0.1) is 0 Å². The number of carbonyl (C=O) groups excluding carboxylic acids is 3. The molecular formula is C15H19BClN3O6. The molecule has 2 heterocycles. The number of likely N-dealkylation sites (N-methyl/N-ethyl adjacent to an activating group) is 1. The zero-order valence-corrected chi connectivity index (χ0v) is 15.6. The Morgan fingerprint density at radius 3 is 2.42 bits per heavy atom. The molecule has 11 heteroatoms. The highest BCUT2D eigenvalue weighted by molar-refractivity contribution is 6.66. The number of ether oxygens (including phenoxy) is 1. The first kappa shape index (κ1) is 20.0. The summed E-state index contributed by atoms with van der Waals surface area (Å²) in [5.41, 5.74) is -0.404. The lowest BCUT2D eigenvalue weighted by atomic mass is 9.78. The first-order valence-corrected chi connectivity index (χ1v) is 8.14. The minimum absolute atomic E-state index is 0.0704. The molecule has 0 radical (unpaired) electrons. The number of hydrogen-bond donors (Lipinski definition) is 1. The third-order valence-corrected chi connectivity index (χ3v) is 3.27. The van der Waals surface area contributed by atoms with Crippen LogP contribution in [0.2, 0.25) is 5.15 Å². The monoisotopic (exact) mass is 383 g/mol. The number of aromatic nitrogens is 1. The van der Waals surface area contributed by atoms with E-state index in [2.05, 4.69) is 10.3 Å². The van der Waals surface area contributed by atoms with Gasteiger partial charge in [-0.15, -0.1) is 0 Å². The number of hydrogen-bond acceptors (Lipinski definition) is 8. The number of pyridine rings is 1. The highest BCUT2D eigenvalue weighted by atomic mass is 35.5. The van der Waals surface area contributed by atoms with Gasteiger partial charge in [-0.1, -0.05) is 11.6 Å². The lowest BCUT2D eigenvalue weighted by Gasteiger charge is -2.24. The fraction of sp³-hybridized carbons (Fsp3) is 0.467. The van der Waals surface area contributed by atoms with E-state index in [9.17, 15) is 14.4 Å². The molecule has 1 fully saturated rings. The van der Waals surface area contributed by atoms with Gasteiger partial charge in [0.25, 0.3) is 0 Å². The van der Waals surface area contributed by atoms with Crippen molar-refractivity contribution in [2.45, 2.75) is 26.4 Å². The smallest absolute Gasteiger partial charge is 0.494 e. The van der Waals surface area contributed by atoms with Gasteiger partial charge in [0.1, 0.15) is 10.8 Å². The summed E-state index contributed by atoms with van der Waals surface area (Å²) < 4.78 is 15.6. The summed E-state index contributed by atoms with van der Waals surface area (Å²) in [5.74, 6) is -1.19. The summed E-state index contributed by atoms with van der Waals surface area (Å²) in [7, 11) is 0.218. The molecule has 1 aliphatic heterocycles. The summed E-state index contributed by atoms with van der Waals surface area (Å²) in [6.45, 7) is 4.96. The largest absolute Gasteiger partial charge is 0.638 e. The summed E-state index contributed by atoms with van der Waals surface area (Å²) in [6.07, 6.45) is 0.514. The van der Waals surface area contributed by atoms with Crippen molar-refractivity contribution in [2.75, 3.05) is 25.5 Å². The van der Waals surface area contributed by atoms with E-state index in [0.717, 1.165) is 0 Å². The second-order valence-electron chi connectivity index (χ2n) is 6.71. The van der Waals surface area contributed by atoms with Gasteiger partial charge in [0, 0.05) is 5.46 Å². The maximum atomic E-state index is 12.0. The van der Waals surface area contributed by atoms with Gasteiger partial charge in [-0.05, 0) is 33.9 Å². The number of anilines is 1. The first-order chi connectivity index (χ1) is 12.0. The van der Waals surface area contributed by atoms with Crippen LogP contribution in [-0.4, -0.2) is 60.8 Å². The van der Waals surface area contributed by atoms with Crippen LogP contribution in [0.1, 0.15) is 20.8 Å². The Morgan fingerprint density at radius 2 is 1.88 bits per heavy atom. The molecule has 26 heavy (non-hydrogen) atoms. The van der Waals surface area contributed by atoms with E-state index in [0.29, 0.717) is 0 Å². The van der Waals surface area contributed by atoms with Gasteiger partial charge in [-0.2, -0.15) is 0 Å². The van der Waals surface area contributed by atoms with Crippen LogP contribution in [0.25, 0.3) is 0 Å². The van der Waals surface area contributed by atoms with Crippen molar-refractivity contribution in [1.82, 2.24) is 9.88 Å². The normalized spacial score (nSPS) is 16.3. The van der Waals surface area contributed by atoms with Crippen molar-refractivity contribution in [2.24, 2.45) is 0 Å². The van der Waals surface area contributed by atoms with Gasteiger partial charge in [0.05, 0.1) is 25.0 Å². The summed E-state index contributed by atoms with van der Waals surface area (Å²) in [5, 5.41) is 2.56. The molecule has 1 amide bonds. The van der Waals surface area contributed by atoms with Crippen molar-refractivity contribution in [3.63, 3.8) is 0 Å². The molecule has 2 rings (SSSR count). The molecule has 0 unspecified atom stereocenters. The second-order valence-corrected chi connectivity index (χ2v) is 7.09. The van der Waals surface area contributed by atoms with Gasteiger partial charge < -0.3 is 14.0 Å². The van der Waals surface area contributed by atoms with E-state index in [4.69, 9.17) is 25.6 Å². The van der Waals surface area contributed by atoms with Crippen molar-refractivity contribution in [1.29, 1.82) is 0 Å². The van der Waals surface area contributed by atoms with E-state index in [1.54, 1.807) is 27.8 Å². The molecular weight excluding hydrogens is 364 g/mol. The van der Waals surface area contributed by atoms with Crippen molar-refractivity contribution in [3.05, 3.63) is 17.4 Å². The summed E-state index contributed by atoms with van der Waals surface area (Å²) >= 11 is 5.90. The molecule has 140 valence electrons. The number of halogens is 1. The molecule has 1 N–H and O–H groups in total. The predicted molar refractivity (Wildman–Crippen MR) is 94.2 cm³/mol. The zero-order chi connectivity index (χ0) is 19.5. The highest BCUT2D eigenvalue weighted by Gasteiger charge is 2.36. The average molecular weight is 384 g/mol. The maximum absolute atomic E-state index is 12.0. The number of nitrogens with zero attached hydrogens (tertiary/aromatic N) is 2. The van der Waals surface area contributed by atoms with E-state index < -0.39 is 30.8 Å². The maximum Gasteiger partial charge on any atom is 0.638 e. The van der Waals surface area contributed by atoms with Crippen LogP contribution in [0.15, 0.2) is 12.3 Å². The molecule has 0 aromatic carbocycles. The quantitative estimate of drug-likeness (QED) is 0.590. The minimum atomic E-state index is -1.37. The fourth-order valence-corrected chi connectivity index (χ4v) is 2.28. The summed E-state index contributed by atoms with van der Waals surface area (Å²) in [6, 6.07) is 1.34. The van der Waals surface area contributed by atoms with Gasteiger partial charge in [-0.3, -0.25) is 19.8 Å². The Morgan fingerprint density at radius 1 is 1.31 bits per heavy atom. The summed E-state index contributed by atoms with van der Waals surface area (Å²) in [4.78, 5) is 41.2. The number of carbonyl (C=O) groups is 3. The van der Waals surface area contributed by atoms with Crippen molar-refractivity contribution < 1.29 is 28.4 Å². The molecule has 0 aliphatic carbocycles. The van der Waals surface area contributed by atoms with Crippen LogP contribution in [0.3, 0.4) is 0 Å². The molecule has 0 spiro atoms. The van der Waals surface area contributed by atoms with Crippen LogP contribution < -0.4 is 10.8 Å². The molecule has 1 aliphatic rings. The molecule has 1 aromatic rings. The molecule has 1 saturated heterocycles. The van der Waals surface area contributed by atoms with Crippen molar-refractivity contribution in [3.8, 4) is 0 Å². The van der Waals surface area contributed by atoms with E-state index in [1.165, 1.54) is 17.2 Å². The fourth-order valence-electron chi connectivity index (χ4n) is 2.12. The van der Waals surface area contributed by atoms with Gasteiger partial charge >= 0.3 is 25.2 Å². The average Bonchev–Trinajstić information content (AvgIpc) is 2.44. The number of rotatable bonds is 2. The van der Waals surface area contributed by atoms with E-state index in [-0.39, 0.29) is 29.4 Å². The molecule has 0 bridgehead atoms. The zero-order valence-electron chi connectivity index (χ0n) is 14.9. The van der Waals surface area contributed by atoms with Crippen LogP contribution in [0.4, 0.5) is 10.5 Å². The molecule has 1 aromatic heterocycles. The van der Waals surface area contributed by atoms with E-state index in [1.807, 2.05) is 0 Å². The SMILES string of the molecule is CN1CC(=O)OB(c2cc(Cl)ncc2NC(=O)OC(C)(C)C)OC(=O)C1. The Balaban J connectivity index is 2.29. The Labute approximate surface area is 156 Å². The minimum Gasteiger partial charge on any atom is -0.494 e. The molecule has 9 nitrogen and oxygen atoms in total. The Kier molecular flexibility index (Phi) is 6.09. The third-order valence-electron chi connectivity index (χ3n) is 3.07. The number of nitrogens with one attached hydrogen (secondary N) is 1. The van der Waals surface area contributed by atoms with Crippen LogP contribution in [0.5, 0.6) is 0 Å². The number of amides is 1. The molecule has 0 atom stereocenters. The topological polar surface area (TPSA) is 107 Å². The lowest BCUT2D eigenvalue weighted by molar-refractivity contribution is -0.145. The lowest BCUT2D eigenvalue weighted by Crippen LogP contribution is -2.48. The Hall–Kier alpha value is -2.33. The Bertz CT molecular complexity index is 704. The van der Waals surface area contributed by atoms with Gasteiger partial charge in [-0.25, -0.2) is 9.78 Å². The predicted octanol–water partition coefficient (Wildman–Crippen LogP) is 0.809. The highest BCUT2D eigenvalue weighted by Crippen LogP contribution is 2.14.